The van der Waals surface area contributed by atoms with Gasteiger partial charge in [-0.3, -0.25) is 34.9 Å². The van der Waals surface area contributed by atoms with E-state index in [2.05, 4.69) is 36.1 Å². The van der Waals surface area contributed by atoms with Crippen molar-refractivity contribution in [1.82, 2.24) is 35.4 Å². The van der Waals surface area contributed by atoms with E-state index >= 15 is 0 Å². The largest absolute Gasteiger partial charge is 0.295 e. The lowest BCUT2D eigenvalue weighted by Crippen LogP contribution is -2.23. The van der Waals surface area contributed by atoms with E-state index in [1.807, 2.05) is 60.7 Å². The number of hydrogen-bond acceptors (Lipinski definition) is 11. The maximum Gasteiger partial charge on any atom is 0.295 e. The summed E-state index contributed by atoms with van der Waals surface area (Å²) in [5.74, 6) is -1.59. The van der Waals surface area contributed by atoms with Gasteiger partial charge in [-0.25, -0.2) is 10.2 Å². The van der Waals surface area contributed by atoms with Crippen molar-refractivity contribution in [3.05, 3.63) is 157 Å². The zero-order valence-electron chi connectivity index (χ0n) is 26.7. The van der Waals surface area contributed by atoms with Gasteiger partial charge in [0.25, 0.3) is 23.2 Å². The Morgan fingerprint density at radius 2 is 1.33 bits per heavy atom. The van der Waals surface area contributed by atoms with Crippen LogP contribution in [-0.2, 0) is 13.1 Å². The van der Waals surface area contributed by atoms with Gasteiger partial charge in [0.15, 0.2) is 0 Å². The maximum absolute atomic E-state index is 13.2. The van der Waals surface area contributed by atoms with Crippen molar-refractivity contribution < 1.29 is 19.4 Å². The molecule has 2 heterocycles. The minimum Gasteiger partial charge on any atom is -0.278 e. The number of carbonyl (C=O) groups excluding carboxylic acids is 2. The average molecular weight is 697 g/mol. The van der Waals surface area contributed by atoms with E-state index < -0.39 is 21.7 Å². The molecule has 18 heteroatoms. The molecule has 1 aliphatic heterocycles. The molecule has 2 N–H and O–H groups in total. The van der Waals surface area contributed by atoms with Crippen LogP contribution in [0.2, 0.25) is 0 Å². The molecule has 7 rings (SSSR count). The molecule has 2 aliphatic rings. The predicted octanol–water partition coefficient (Wildman–Crippen LogP) is 5.14. The molecule has 1 aromatic heterocycles. The Bertz CT molecular complexity index is 2520. The monoisotopic (exact) mass is 696 g/mol. The molecular formula is C34H24N12O6. The second-order valence-corrected chi connectivity index (χ2v) is 11.3. The van der Waals surface area contributed by atoms with Gasteiger partial charge in [0.2, 0.25) is 0 Å². The van der Waals surface area contributed by atoms with Gasteiger partial charge in [-0.05, 0) is 23.3 Å². The van der Waals surface area contributed by atoms with Crippen LogP contribution in [0.25, 0.3) is 22.4 Å². The van der Waals surface area contributed by atoms with Gasteiger partial charge in [0.1, 0.15) is 33.5 Å². The standard InChI is InChI=1S/C34H24N12O6/c47-33(23-13-7-15-25(17-23)45(49)50)37-35-27-29-30(40-43(39-29)19-21-9-3-1-4-10-21)28(36-38-34(48)24-14-8-16-26(18-24)46(51)52)32-31(27)41-44(42-32)20-22-11-5-2-6-12-22/h1-18,39H,19-20H2,(H,38,48)/b36-28-,37-35?. The summed E-state index contributed by atoms with van der Waals surface area (Å²) in [5, 5.41) is 52.4. The molecule has 2 amide bonds. The smallest absolute Gasteiger partial charge is 0.278 e. The Kier molecular flexibility index (Phi) is 8.82. The number of aromatic nitrogens is 6. The molecule has 4 aromatic carbocycles. The number of carbonyl (C=O) groups is 2. The first-order valence-electron chi connectivity index (χ1n) is 15.5. The number of nitro benzene ring substituents is 2. The molecule has 0 saturated carbocycles. The van der Waals surface area contributed by atoms with Crippen molar-refractivity contribution in [3.63, 3.8) is 0 Å². The lowest BCUT2D eigenvalue weighted by atomic mass is 10.1. The molecule has 52 heavy (non-hydrogen) atoms. The minimum atomic E-state index is -0.851. The summed E-state index contributed by atoms with van der Waals surface area (Å²) in [6.07, 6.45) is 0. The summed E-state index contributed by atoms with van der Waals surface area (Å²) in [4.78, 5) is 50.6. The number of nitrogens with one attached hydrogen (secondary N) is 2. The number of benzene rings is 5. The van der Waals surface area contributed by atoms with Crippen molar-refractivity contribution in [3.8, 4) is 11.4 Å². The highest BCUT2D eigenvalue weighted by Crippen LogP contribution is 2.34. The molecule has 256 valence electrons. The molecule has 0 atom stereocenters. The molecule has 1 aliphatic carbocycles. The molecule has 0 bridgehead atoms. The van der Waals surface area contributed by atoms with Gasteiger partial charge in [0, 0.05) is 29.8 Å². The normalized spacial score (nSPS) is 11.7. The van der Waals surface area contributed by atoms with Gasteiger partial charge in [-0.2, -0.15) is 25.2 Å². The lowest BCUT2D eigenvalue weighted by molar-refractivity contribution is -0.385. The van der Waals surface area contributed by atoms with E-state index in [1.165, 1.54) is 46.0 Å². The van der Waals surface area contributed by atoms with Gasteiger partial charge in [-0.15, -0.1) is 10.2 Å². The van der Waals surface area contributed by atoms with Crippen LogP contribution in [0.15, 0.2) is 125 Å². The summed E-state index contributed by atoms with van der Waals surface area (Å²) in [7, 11) is 0. The van der Waals surface area contributed by atoms with E-state index in [0.29, 0.717) is 0 Å². The Labute approximate surface area is 291 Å². The van der Waals surface area contributed by atoms with E-state index in [0.717, 1.165) is 23.3 Å². The summed E-state index contributed by atoms with van der Waals surface area (Å²) >= 11 is 0. The Hall–Kier alpha value is -7.76. The van der Waals surface area contributed by atoms with Crippen molar-refractivity contribution >= 4 is 39.9 Å². The van der Waals surface area contributed by atoms with Gasteiger partial charge >= 0.3 is 0 Å². The van der Waals surface area contributed by atoms with Crippen molar-refractivity contribution in [2.45, 2.75) is 13.1 Å². The first-order chi connectivity index (χ1) is 25.2. The van der Waals surface area contributed by atoms with Crippen LogP contribution < -0.4 is 10.8 Å². The van der Waals surface area contributed by atoms with Crippen molar-refractivity contribution in [1.29, 1.82) is 0 Å². The summed E-state index contributed by atoms with van der Waals surface area (Å²) in [6.45, 7) is 0.505. The highest BCUT2D eigenvalue weighted by molar-refractivity contribution is 5.98. The highest BCUT2D eigenvalue weighted by Gasteiger charge is 2.26. The van der Waals surface area contributed by atoms with Gasteiger partial charge < -0.3 is 0 Å². The SMILES string of the molecule is O=C(N=Nc1c2[nH]n(Cc3ccccc3)nc-2/c(=N/NC(=O)c2cccc([N+](=O)[O-])c2)c2nn(Cc3ccccc3)nc12)c1cccc([N+](=O)[O-])c1. The van der Waals surface area contributed by atoms with E-state index in [9.17, 15) is 29.8 Å². The highest BCUT2D eigenvalue weighted by atomic mass is 16.6. The Morgan fingerprint density at radius 3 is 1.98 bits per heavy atom. The van der Waals surface area contributed by atoms with Crippen LogP contribution in [0.1, 0.15) is 31.8 Å². The van der Waals surface area contributed by atoms with Gasteiger partial charge in [0.05, 0.1) is 28.5 Å². The van der Waals surface area contributed by atoms with Crippen LogP contribution in [0, 0.1) is 20.2 Å². The molecule has 0 radical (unpaired) electrons. The second-order valence-electron chi connectivity index (χ2n) is 11.3. The summed E-state index contributed by atoms with van der Waals surface area (Å²) in [6, 6.07) is 29.0. The fourth-order valence-corrected chi connectivity index (χ4v) is 5.30. The molecule has 0 fully saturated rings. The number of amides is 2. The van der Waals surface area contributed by atoms with E-state index in [-0.39, 0.29) is 69.1 Å². The third kappa shape index (κ3) is 6.87. The van der Waals surface area contributed by atoms with Crippen LogP contribution in [-0.4, -0.2) is 51.6 Å². The topological polar surface area (TPSA) is 234 Å². The first-order valence-corrected chi connectivity index (χ1v) is 15.5. The quantitative estimate of drug-likeness (QED) is 0.109. The molecule has 0 saturated heterocycles. The Balaban J connectivity index is 1.40. The molecule has 0 spiro atoms. The zero-order chi connectivity index (χ0) is 36.2. The third-order valence-corrected chi connectivity index (χ3v) is 7.74. The van der Waals surface area contributed by atoms with Crippen molar-refractivity contribution in [2.24, 2.45) is 15.3 Å². The van der Waals surface area contributed by atoms with Crippen LogP contribution >= 0.6 is 0 Å². The zero-order valence-corrected chi connectivity index (χ0v) is 26.7. The van der Waals surface area contributed by atoms with Crippen molar-refractivity contribution in [2.75, 3.05) is 0 Å². The number of nitrogens with zero attached hydrogens (tertiary/aromatic N) is 10. The average Bonchev–Trinajstić information content (AvgIpc) is 3.77. The lowest BCUT2D eigenvalue weighted by Gasteiger charge is -2.03. The molecule has 5 aromatic rings. The van der Waals surface area contributed by atoms with Crippen LogP contribution in [0.5, 0.6) is 0 Å². The maximum atomic E-state index is 13.2. The van der Waals surface area contributed by atoms with Crippen LogP contribution in [0.4, 0.5) is 17.1 Å². The number of H-pyrrole nitrogens is 1. The molecule has 18 nitrogen and oxygen atoms in total. The number of non-ortho nitro benzene ring substituents is 2. The minimum absolute atomic E-state index is 0.00980. The second kappa shape index (κ2) is 14.0. The fraction of sp³-hybridized carbons (Fsp3) is 0.0588. The fourth-order valence-electron chi connectivity index (χ4n) is 5.30. The number of azo groups is 1. The third-order valence-electron chi connectivity index (χ3n) is 7.74. The number of rotatable bonds is 10. The number of nitro groups is 2. The van der Waals surface area contributed by atoms with Crippen LogP contribution in [0.3, 0.4) is 0 Å². The predicted molar refractivity (Wildman–Crippen MR) is 183 cm³/mol. The van der Waals surface area contributed by atoms with Gasteiger partial charge in [-0.1, -0.05) is 72.8 Å². The van der Waals surface area contributed by atoms with E-state index in [4.69, 9.17) is 5.10 Å². The molecular weight excluding hydrogens is 672 g/mol. The first kappa shape index (κ1) is 32.8. The summed E-state index contributed by atoms with van der Waals surface area (Å²) < 4.78 is 0. The number of aromatic amines is 1. The number of fused-ring (bicyclic) bond motifs is 2. The Morgan fingerprint density at radius 1 is 0.731 bits per heavy atom. The molecule has 0 unspecified atom stereocenters. The summed E-state index contributed by atoms with van der Waals surface area (Å²) in [5.41, 5.74) is 4.32. The number of hydrogen-bond donors (Lipinski definition) is 2. The van der Waals surface area contributed by atoms with E-state index in [1.54, 1.807) is 0 Å².